The van der Waals surface area contributed by atoms with Crippen LogP contribution >= 0.6 is 22.9 Å². The highest BCUT2D eigenvalue weighted by atomic mass is 35.5. The van der Waals surface area contributed by atoms with Crippen molar-refractivity contribution in [2.24, 2.45) is 0 Å². The Labute approximate surface area is 243 Å². The number of benzene rings is 1. The topological polar surface area (TPSA) is 178 Å². The van der Waals surface area contributed by atoms with Gasteiger partial charge in [0.25, 0.3) is 0 Å². The number of amides is 1. The van der Waals surface area contributed by atoms with Crippen molar-refractivity contribution in [1.82, 2.24) is 10.2 Å². The van der Waals surface area contributed by atoms with Gasteiger partial charge in [-0.3, -0.25) is 33.7 Å². The molecule has 1 heterocycles. The van der Waals surface area contributed by atoms with Crippen molar-refractivity contribution in [3.8, 4) is 0 Å². The highest BCUT2D eigenvalue weighted by molar-refractivity contribution is 7.15. The zero-order valence-electron chi connectivity index (χ0n) is 22.9. The van der Waals surface area contributed by atoms with Crippen molar-refractivity contribution in [2.45, 2.75) is 66.0 Å². The van der Waals surface area contributed by atoms with E-state index in [0.717, 1.165) is 46.0 Å². The fourth-order valence-electron chi connectivity index (χ4n) is 3.56. The number of nitrogens with zero attached hydrogens (tertiary/aromatic N) is 3. The summed E-state index contributed by atoms with van der Waals surface area (Å²) in [4.78, 5) is 73.6. The number of aromatic nitrogens is 2. The molecule has 1 amide bonds. The van der Waals surface area contributed by atoms with Crippen molar-refractivity contribution in [3.63, 3.8) is 0 Å². The lowest BCUT2D eigenvalue weighted by Crippen LogP contribution is -2.50. The monoisotopic (exact) mass is 613 g/mol. The van der Waals surface area contributed by atoms with Crippen LogP contribution in [0.25, 0.3) is 0 Å². The first-order chi connectivity index (χ1) is 19.2. The van der Waals surface area contributed by atoms with Gasteiger partial charge in [-0.15, -0.1) is 10.2 Å². The Balaban J connectivity index is 2.68. The molecule has 222 valence electrons. The Morgan fingerprint density at radius 2 is 1.39 bits per heavy atom. The molecule has 2 aromatic rings. The Bertz CT molecular complexity index is 1300. The van der Waals surface area contributed by atoms with E-state index < -0.39 is 66.8 Å². The van der Waals surface area contributed by atoms with Gasteiger partial charge in [0.15, 0.2) is 29.4 Å². The van der Waals surface area contributed by atoms with Gasteiger partial charge in [-0.25, -0.2) is 0 Å². The van der Waals surface area contributed by atoms with Gasteiger partial charge in [-0.1, -0.05) is 29.0 Å². The standard InChI is InChI=1S/C25H28ClN3O11S/c1-12(30)29(19-9-7-8-18(26)10-19)25-28-27-24(41-25)23(40-17(6)35)22(39-16(5)34)21(38-15(4)33)20(37-14(3)32)11-36-13(2)31/h7-10,20-23H,11H2,1-6H3. The summed E-state index contributed by atoms with van der Waals surface area (Å²) in [6.45, 7) is 5.97. The minimum Gasteiger partial charge on any atom is -0.462 e. The third kappa shape index (κ3) is 10.1. The van der Waals surface area contributed by atoms with Crippen LogP contribution in [-0.4, -0.2) is 70.9 Å². The molecule has 1 aromatic carbocycles. The zero-order valence-corrected chi connectivity index (χ0v) is 24.5. The van der Waals surface area contributed by atoms with E-state index in [-0.39, 0.29) is 10.1 Å². The van der Waals surface area contributed by atoms with Crippen LogP contribution in [-0.2, 0) is 52.5 Å². The second kappa shape index (κ2) is 15.0. The summed E-state index contributed by atoms with van der Waals surface area (Å²) in [6.07, 6.45) is -6.43. The molecule has 0 saturated carbocycles. The molecule has 16 heteroatoms. The molecular formula is C25H28ClN3O11S. The summed E-state index contributed by atoms with van der Waals surface area (Å²) >= 11 is 6.88. The third-order valence-electron chi connectivity index (χ3n) is 4.90. The van der Waals surface area contributed by atoms with E-state index in [1.165, 1.54) is 17.9 Å². The van der Waals surface area contributed by atoms with Gasteiger partial charge in [0.1, 0.15) is 6.61 Å². The first kappa shape index (κ1) is 33.1. The SMILES string of the molecule is CC(=O)OCC(OC(C)=O)C(OC(C)=O)C(OC(C)=O)C(OC(C)=O)c1nnc(N(C(C)=O)c2cccc(Cl)c2)s1. The molecule has 14 nitrogen and oxygen atoms in total. The molecule has 0 aliphatic rings. The van der Waals surface area contributed by atoms with Crippen LogP contribution in [0.5, 0.6) is 0 Å². The predicted molar refractivity (Wildman–Crippen MR) is 142 cm³/mol. The number of esters is 5. The summed E-state index contributed by atoms with van der Waals surface area (Å²) in [5, 5.41) is 8.39. The lowest BCUT2D eigenvalue weighted by Gasteiger charge is -2.34. The van der Waals surface area contributed by atoms with E-state index in [0.29, 0.717) is 10.7 Å². The molecule has 2 rings (SSSR count). The summed E-state index contributed by atoms with van der Waals surface area (Å²) in [5.74, 6) is -4.69. The van der Waals surface area contributed by atoms with Gasteiger partial charge in [-0.05, 0) is 18.2 Å². The second-order valence-electron chi connectivity index (χ2n) is 8.39. The average Bonchev–Trinajstić information content (AvgIpc) is 3.31. The van der Waals surface area contributed by atoms with Crippen molar-refractivity contribution >= 4 is 69.5 Å². The quantitative estimate of drug-likeness (QED) is 0.252. The van der Waals surface area contributed by atoms with Gasteiger partial charge in [0.05, 0.1) is 5.69 Å². The van der Waals surface area contributed by atoms with Gasteiger partial charge < -0.3 is 23.7 Å². The van der Waals surface area contributed by atoms with E-state index in [9.17, 15) is 28.8 Å². The molecule has 0 N–H and O–H groups in total. The fraction of sp³-hybridized carbons (Fsp3) is 0.440. The van der Waals surface area contributed by atoms with Gasteiger partial charge in [0, 0.05) is 46.6 Å². The van der Waals surface area contributed by atoms with Crippen molar-refractivity contribution in [1.29, 1.82) is 0 Å². The second-order valence-corrected chi connectivity index (χ2v) is 9.81. The highest BCUT2D eigenvalue weighted by Gasteiger charge is 2.46. The summed E-state index contributed by atoms with van der Waals surface area (Å²) in [7, 11) is 0. The number of anilines is 2. The van der Waals surface area contributed by atoms with Crippen molar-refractivity contribution < 1.29 is 52.5 Å². The van der Waals surface area contributed by atoms with Crippen LogP contribution in [0, 0.1) is 0 Å². The zero-order chi connectivity index (χ0) is 30.9. The number of carbonyl (C=O) groups excluding carboxylic acids is 6. The maximum absolute atomic E-state index is 12.6. The predicted octanol–water partition coefficient (Wildman–Crippen LogP) is 2.84. The Hall–Kier alpha value is -4.11. The van der Waals surface area contributed by atoms with E-state index in [4.69, 9.17) is 35.3 Å². The Morgan fingerprint density at radius 1 is 0.805 bits per heavy atom. The maximum Gasteiger partial charge on any atom is 0.303 e. The third-order valence-corrected chi connectivity index (χ3v) is 6.10. The van der Waals surface area contributed by atoms with Crippen LogP contribution in [0.2, 0.25) is 5.02 Å². The fourth-order valence-corrected chi connectivity index (χ4v) is 4.72. The van der Waals surface area contributed by atoms with E-state index in [1.807, 2.05) is 0 Å². The van der Waals surface area contributed by atoms with Crippen molar-refractivity contribution in [3.05, 3.63) is 34.3 Å². The molecule has 0 aliphatic carbocycles. The number of halogens is 1. The maximum atomic E-state index is 12.6. The Kier molecular flexibility index (Phi) is 12.1. The molecule has 4 unspecified atom stereocenters. The number of hydrogen-bond donors (Lipinski definition) is 0. The minimum atomic E-state index is -1.68. The van der Waals surface area contributed by atoms with Gasteiger partial charge in [0.2, 0.25) is 11.0 Å². The molecule has 1 aromatic heterocycles. The molecule has 0 spiro atoms. The highest BCUT2D eigenvalue weighted by Crippen LogP contribution is 2.37. The van der Waals surface area contributed by atoms with E-state index >= 15 is 0 Å². The average molecular weight is 614 g/mol. The Morgan fingerprint density at radius 3 is 1.90 bits per heavy atom. The smallest absolute Gasteiger partial charge is 0.303 e. The molecule has 4 atom stereocenters. The minimum absolute atomic E-state index is 0.0361. The molecule has 0 fully saturated rings. The summed E-state index contributed by atoms with van der Waals surface area (Å²) in [5.41, 5.74) is 0.363. The molecular weight excluding hydrogens is 586 g/mol. The van der Waals surface area contributed by atoms with E-state index in [1.54, 1.807) is 18.2 Å². The lowest BCUT2D eigenvalue weighted by atomic mass is 10.0. The van der Waals surface area contributed by atoms with Crippen molar-refractivity contribution in [2.75, 3.05) is 11.5 Å². The van der Waals surface area contributed by atoms with Crippen LogP contribution in [0.1, 0.15) is 52.7 Å². The molecule has 41 heavy (non-hydrogen) atoms. The normalized spacial score (nSPS) is 13.5. The number of rotatable bonds is 12. The first-order valence-corrected chi connectivity index (χ1v) is 13.1. The summed E-state index contributed by atoms with van der Waals surface area (Å²) in [6, 6.07) is 6.36. The van der Waals surface area contributed by atoms with Gasteiger partial charge in [-0.2, -0.15) is 0 Å². The molecule has 0 radical (unpaired) electrons. The van der Waals surface area contributed by atoms with Crippen LogP contribution < -0.4 is 4.90 Å². The molecule has 0 aliphatic heterocycles. The lowest BCUT2D eigenvalue weighted by molar-refractivity contribution is -0.203. The van der Waals surface area contributed by atoms with E-state index in [2.05, 4.69) is 10.2 Å². The van der Waals surface area contributed by atoms with Crippen LogP contribution in [0.4, 0.5) is 10.8 Å². The molecule has 0 bridgehead atoms. The summed E-state index contributed by atoms with van der Waals surface area (Å²) < 4.78 is 26.5. The first-order valence-electron chi connectivity index (χ1n) is 11.9. The molecule has 0 saturated heterocycles. The van der Waals surface area contributed by atoms with Crippen LogP contribution in [0.3, 0.4) is 0 Å². The number of hydrogen-bond acceptors (Lipinski definition) is 14. The largest absolute Gasteiger partial charge is 0.462 e. The number of ether oxygens (including phenoxy) is 5. The van der Waals surface area contributed by atoms with Crippen LogP contribution in [0.15, 0.2) is 24.3 Å². The number of carbonyl (C=O) groups is 6. The van der Waals surface area contributed by atoms with Gasteiger partial charge >= 0.3 is 29.8 Å².